The molecule has 1 fully saturated rings. The van der Waals surface area contributed by atoms with E-state index in [4.69, 9.17) is 27.6 Å². The standard InChI is InChI=1S/C24H26Cl2N4O6/c1-13-4-6-18(29-13)22(32)28-12-19(24(34)35)30-23(33)21-16(25)9-14(10-17(21)26)11-27-20(31)7-5-15-3-2-8-36-15/h2-3,5,7-10,13,18-19,29H,4,6,11-12H2,1H3,(H,27,31)(H,28,32)(H,30,33)(H,34,35)/b7-5+. The molecule has 1 aromatic heterocycles. The van der Waals surface area contributed by atoms with Gasteiger partial charge in [-0.05, 0) is 55.7 Å². The van der Waals surface area contributed by atoms with E-state index < -0.39 is 24.0 Å². The summed E-state index contributed by atoms with van der Waals surface area (Å²) in [6.07, 6.45) is 5.79. The topological polar surface area (TPSA) is 150 Å². The molecule has 2 aromatic rings. The lowest BCUT2D eigenvalue weighted by Crippen LogP contribution is -2.51. The van der Waals surface area contributed by atoms with Gasteiger partial charge in [-0.25, -0.2) is 4.79 Å². The Morgan fingerprint density at radius 2 is 1.92 bits per heavy atom. The van der Waals surface area contributed by atoms with Crippen LogP contribution in [0.5, 0.6) is 0 Å². The second kappa shape index (κ2) is 12.6. The molecule has 1 aromatic carbocycles. The van der Waals surface area contributed by atoms with Crippen LogP contribution in [0.15, 0.2) is 41.0 Å². The molecule has 10 nitrogen and oxygen atoms in total. The van der Waals surface area contributed by atoms with Crippen molar-refractivity contribution in [3.05, 3.63) is 63.5 Å². The van der Waals surface area contributed by atoms with Gasteiger partial charge in [-0.2, -0.15) is 0 Å². The van der Waals surface area contributed by atoms with Crippen molar-refractivity contribution in [3.8, 4) is 0 Å². The van der Waals surface area contributed by atoms with Crippen LogP contribution in [-0.4, -0.2) is 53.5 Å². The Bertz CT molecular complexity index is 1130. The fraction of sp³-hybridized carbons (Fsp3) is 0.333. The fourth-order valence-electron chi connectivity index (χ4n) is 3.63. The van der Waals surface area contributed by atoms with E-state index in [9.17, 15) is 24.3 Å². The maximum absolute atomic E-state index is 12.8. The number of hydrogen-bond acceptors (Lipinski definition) is 6. The highest BCUT2D eigenvalue weighted by Gasteiger charge is 2.29. The molecule has 0 bridgehead atoms. The summed E-state index contributed by atoms with van der Waals surface area (Å²) in [5.41, 5.74) is 0.414. The maximum atomic E-state index is 12.8. The van der Waals surface area contributed by atoms with Gasteiger partial charge in [0.25, 0.3) is 5.91 Å². The normalized spacial score (nSPS) is 18.1. The largest absolute Gasteiger partial charge is 0.480 e. The van der Waals surface area contributed by atoms with E-state index in [1.165, 1.54) is 30.5 Å². The average molecular weight is 537 g/mol. The highest BCUT2D eigenvalue weighted by atomic mass is 35.5. The number of halogens is 2. The van der Waals surface area contributed by atoms with Crippen molar-refractivity contribution in [2.24, 2.45) is 0 Å². The Kier molecular flexibility index (Phi) is 9.51. The third kappa shape index (κ3) is 7.58. The second-order valence-corrected chi connectivity index (χ2v) is 9.12. The predicted octanol–water partition coefficient (Wildman–Crippen LogP) is 2.36. The van der Waals surface area contributed by atoms with E-state index in [2.05, 4.69) is 21.3 Å². The maximum Gasteiger partial charge on any atom is 0.328 e. The number of carbonyl (C=O) groups excluding carboxylic acids is 3. The van der Waals surface area contributed by atoms with E-state index in [1.54, 1.807) is 12.1 Å². The monoisotopic (exact) mass is 536 g/mol. The summed E-state index contributed by atoms with van der Waals surface area (Å²) in [6, 6.07) is 4.70. The van der Waals surface area contributed by atoms with Gasteiger partial charge in [0.15, 0.2) is 0 Å². The summed E-state index contributed by atoms with van der Waals surface area (Å²) < 4.78 is 5.11. The molecule has 5 N–H and O–H groups in total. The minimum absolute atomic E-state index is 0.0207. The molecule has 0 radical (unpaired) electrons. The molecule has 2 heterocycles. The summed E-state index contributed by atoms with van der Waals surface area (Å²) in [5.74, 6) is -2.33. The van der Waals surface area contributed by atoms with Crippen molar-refractivity contribution in [2.75, 3.05) is 6.54 Å². The van der Waals surface area contributed by atoms with Crippen LogP contribution in [0.3, 0.4) is 0 Å². The Hall–Kier alpha value is -3.34. The number of carboxylic acids is 1. The highest BCUT2D eigenvalue weighted by Crippen LogP contribution is 2.27. The van der Waals surface area contributed by atoms with Crippen LogP contribution in [0.2, 0.25) is 10.0 Å². The van der Waals surface area contributed by atoms with Gasteiger partial charge in [0.2, 0.25) is 11.8 Å². The zero-order chi connectivity index (χ0) is 26.2. The number of furan rings is 1. The fourth-order valence-corrected chi connectivity index (χ4v) is 4.33. The molecule has 3 rings (SSSR count). The van der Waals surface area contributed by atoms with E-state index in [0.717, 1.165) is 6.42 Å². The van der Waals surface area contributed by atoms with Crippen molar-refractivity contribution in [1.29, 1.82) is 0 Å². The molecular weight excluding hydrogens is 511 g/mol. The number of hydrogen-bond donors (Lipinski definition) is 5. The Morgan fingerprint density at radius 1 is 1.19 bits per heavy atom. The summed E-state index contributed by atoms with van der Waals surface area (Å²) in [4.78, 5) is 48.7. The first-order valence-electron chi connectivity index (χ1n) is 11.2. The van der Waals surface area contributed by atoms with Crippen LogP contribution in [0.25, 0.3) is 6.08 Å². The lowest BCUT2D eigenvalue weighted by Gasteiger charge is -2.18. The molecule has 3 amide bonds. The number of aliphatic carboxylic acids is 1. The predicted molar refractivity (Wildman–Crippen MR) is 134 cm³/mol. The highest BCUT2D eigenvalue weighted by molar-refractivity contribution is 6.39. The lowest BCUT2D eigenvalue weighted by molar-refractivity contribution is -0.139. The molecule has 12 heteroatoms. The van der Waals surface area contributed by atoms with Gasteiger partial charge in [0.1, 0.15) is 11.8 Å². The van der Waals surface area contributed by atoms with Gasteiger partial charge in [-0.1, -0.05) is 23.2 Å². The summed E-state index contributed by atoms with van der Waals surface area (Å²) in [6.45, 7) is 1.73. The molecule has 0 spiro atoms. The summed E-state index contributed by atoms with van der Waals surface area (Å²) in [5, 5.41) is 20.1. The zero-order valence-corrected chi connectivity index (χ0v) is 20.9. The SMILES string of the molecule is CC1CCC(C(=O)NCC(NC(=O)c2c(Cl)cc(CNC(=O)/C=C/c3ccco3)cc2Cl)C(=O)O)N1. The minimum atomic E-state index is -1.40. The average Bonchev–Trinajstić information content (AvgIpc) is 3.50. The van der Waals surface area contributed by atoms with Crippen molar-refractivity contribution in [2.45, 2.75) is 44.4 Å². The van der Waals surface area contributed by atoms with Crippen molar-refractivity contribution >= 4 is 53.0 Å². The third-order valence-electron chi connectivity index (χ3n) is 5.51. The Balaban J connectivity index is 1.57. The first kappa shape index (κ1) is 27.3. The Morgan fingerprint density at radius 3 is 2.50 bits per heavy atom. The quantitative estimate of drug-likeness (QED) is 0.292. The van der Waals surface area contributed by atoms with Gasteiger partial charge in [0, 0.05) is 25.2 Å². The number of benzene rings is 1. The zero-order valence-electron chi connectivity index (χ0n) is 19.3. The second-order valence-electron chi connectivity index (χ2n) is 8.31. The van der Waals surface area contributed by atoms with Crippen molar-refractivity contribution in [3.63, 3.8) is 0 Å². The molecule has 0 saturated carbocycles. The molecular formula is C24H26Cl2N4O6. The number of carbonyl (C=O) groups is 4. The van der Waals surface area contributed by atoms with Gasteiger partial charge < -0.3 is 30.8 Å². The molecule has 192 valence electrons. The summed E-state index contributed by atoms with van der Waals surface area (Å²) in [7, 11) is 0. The van der Waals surface area contributed by atoms with Crippen LogP contribution in [0, 0.1) is 0 Å². The number of carboxylic acid groups (broad SMARTS) is 1. The Labute approximate surface area is 217 Å². The molecule has 0 aliphatic carbocycles. The van der Waals surface area contributed by atoms with E-state index >= 15 is 0 Å². The molecule has 3 atom stereocenters. The van der Waals surface area contributed by atoms with Crippen LogP contribution >= 0.6 is 23.2 Å². The smallest absolute Gasteiger partial charge is 0.328 e. The van der Waals surface area contributed by atoms with Crippen LogP contribution in [-0.2, 0) is 20.9 Å². The number of nitrogens with one attached hydrogen (secondary N) is 4. The minimum Gasteiger partial charge on any atom is -0.480 e. The number of amides is 3. The van der Waals surface area contributed by atoms with E-state index in [0.29, 0.717) is 17.7 Å². The van der Waals surface area contributed by atoms with Gasteiger partial charge >= 0.3 is 5.97 Å². The molecule has 1 saturated heterocycles. The van der Waals surface area contributed by atoms with Crippen molar-refractivity contribution in [1.82, 2.24) is 21.3 Å². The van der Waals surface area contributed by atoms with Gasteiger partial charge in [0.05, 0.1) is 27.9 Å². The van der Waals surface area contributed by atoms with Gasteiger partial charge in [-0.15, -0.1) is 0 Å². The third-order valence-corrected chi connectivity index (χ3v) is 6.11. The molecule has 3 unspecified atom stereocenters. The van der Waals surface area contributed by atoms with Crippen LogP contribution in [0.4, 0.5) is 0 Å². The molecule has 1 aliphatic rings. The molecule has 1 aliphatic heterocycles. The van der Waals surface area contributed by atoms with Gasteiger partial charge in [-0.3, -0.25) is 14.4 Å². The molecule has 36 heavy (non-hydrogen) atoms. The number of rotatable bonds is 10. The van der Waals surface area contributed by atoms with Crippen LogP contribution in [0.1, 0.15) is 41.4 Å². The first-order chi connectivity index (χ1) is 17.1. The van der Waals surface area contributed by atoms with Crippen LogP contribution < -0.4 is 21.3 Å². The summed E-state index contributed by atoms with van der Waals surface area (Å²) >= 11 is 12.5. The van der Waals surface area contributed by atoms with E-state index in [1.807, 2.05) is 6.92 Å². The lowest BCUT2D eigenvalue weighted by atomic mass is 10.1. The van der Waals surface area contributed by atoms with Crippen molar-refractivity contribution < 1.29 is 28.7 Å². The first-order valence-corrected chi connectivity index (χ1v) is 11.9. The van der Waals surface area contributed by atoms with E-state index in [-0.39, 0.29) is 46.6 Å².